The third-order valence-corrected chi connectivity index (χ3v) is 7.66. The molecule has 0 N–H and O–H groups in total. The van der Waals surface area contributed by atoms with E-state index < -0.39 is 21.6 Å². The number of fused-ring (bicyclic) bond motifs is 2. The van der Waals surface area contributed by atoms with Gasteiger partial charge < -0.3 is 28.4 Å². The van der Waals surface area contributed by atoms with E-state index in [9.17, 15) is 9.59 Å². The molecule has 3 heterocycles. The van der Waals surface area contributed by atoms with Crippen molar-refractivity contribution in [3.8, 4) is 11.5 Å². The molecule has 3 aromatic rings. The fourth-order valence-electron chi connectivity index (χ4n) is 4.31. The Kier molecular flexibility index (Phi) is 8.46. The number of pyridine rings is 1. The van der Waals surface area contributed by atoms with Crippen molar-refractivity contribution >= 4 is 33.1 Å². The molecule has 4 rings (SSSR count). The van der Waals surface area contributed by atoms with E-state index >= 15 is 0 Å². The number of ether oxygens (including phenoxy) is 4. The number of amides is 1. The van der Waals surface area contributed by atoms with Gasteiger partial charge in [0.25, 0.3) is 0 Å². The molecule has 0 aliphatic carbocycles. The van der Waals surface area contributed by atoms with Crippen LogP contribution >= 0.6 is 10.0 Å². The summed E-state index contributed by atoms with van der Waals surface area (Å²) in [5.41, 5.74) is 2.54. The summed E-state index contributed by atoms with van der Waals surface area (Å²) in [5, 5.41) is 0.558. The average molecular weight is 558 g/mol. The highest BCUT2D eigenvalue weighted by atomic mass is 32.3. The summed E-state index contributed by atoms with van der Waals surface area (Å²) in [5.74, 6) is 1.59. The summed E-state index contributed by atoms with van der Waals surface area (Å²) in [6.45, 7) is 7.50. The molecule has 212 valence electrons. The van der Waals surface area contributed by atoms with Gasteiger partial charge in [0.2, 0.25) is 0 Å². The summed E-state index contributed by atoms with van der Waals surface area (Å²) in [7, 11) is 0.682. The first kappa shape index (κ1) is 28.8. The van der Waals surface area contributed by atoms with Crippen LogP contribution in [0.15, 0.2) is 36.7 Å². The molecule has 1 aromatic carbocycles. The van der Waals surface area contributed by atoms with Crippen molar-refractivity contribution in [3.63, 3.8) is 0 Å². The number of carbonyl (C=O) groups is 2. The molecule has 0 bridgehead atoms. The molecule has 1 amide bonds. The SMILES string of the molecule is COC(=O)c1cn(COCCS(C)(C)C)c2nccc(Oc3ccc4c(c3)CN(C(=O)OC(C)(C)C)CC4)c12. The Morgan fingerprint density at radius 2 is 1.87 bits per heavy atom. The maximum atomic E-state index is 12.7. The van der Waals surface area contributed by atoms with Gasteiger partial charge in [-0.1, -0.05) is 6.07 Å². The lowest BCUT2D eigenvalue weighted by Crippen LogP contribution is -2.39. The fraction of sp³-hybridized carbons (Fsp3) is 0.483. The first-order chi connectivity index (χ1) is 18.3. The van der Waals surface area contributed by atoms with Gasteiger partial charge in [0.1, 0.15) is 29.5 Å². The molecule has 9 nitrogen and oxygen atoms in total. The highest BCUT2D eigenvalue weighted by Crippen LogP contribution is 2.36. The highest BCUT2D eigenvalue weighted by Gasteiger charge is 2.26. The first-order valence-electron chi connectivity index (χ1n) is 12.9. The van der Waals surface area contributed by atoms with Gasteiger partial charge in [0, 0.05) is 31.2 Å². The zero-order chi connectivity index (χ0) is 28.4. The number of rotatable bonds is 8. The van der Waals surface area contributed by atoms with E-state index in [0.29, 0.717) is 47.8 Å². The second-order valence-electron chi connectivity index (χ2n) is 11.5. The van der Waals surface area contributed by atoms with Crippen molar-refractivity contribution in [3.05, 3.63) is 53.3 Å². The second kappa shape index (κ2) is 11.5. The number of nitrogens with zero attached hydrogens (tertiary/aromatic N) is 3. The monoisotopic (exact) mass is 557 g/mol. The van der Waals surface area contributed by atoms with Crippen LogP contribution in [0.3, 0.4) is 0 Å². The number of carbonyl (C=O) groups excluding carboxylic acids is 2. The highest BCUT2D eigenvalue weighted by molar-refractivity contribution is 8.32. The van der Waals surface area contributed by atoms with Gasteiger partial charge >= 0.3 is 12.1 Å². The van der Waals surface area contributed by atoms with E-state index in [1.54, 1.807) is 27.9 Å². The third-order valence-electron chi connectivity index (χ3n) is 6.26. The van der Waals surface area contributed by atoms with E-state index in [2.05, 4.69) is 23.8 Å². The van der Waals surface area contributed by atoms with Crippen LogP contribution in [0.2, 0.25) is 0 Å². The molecule has 39 heavy (non-hydrogen) atoms. The Morgan fingerprint density at radius 1 is 1.10 bits per heavy atom. The molecule has 1 aliphatic heterocycles. The fourth-order valence-corrected chi connectivity index (χ4v) is 4.93. The van der Waals surface area contributed by atoms with Crippen molar-refractivity contribution in [2.45, 2.75) is 46.1 Å². The summed E-state index contributed by atoms with van der Waals surface area (Å²) >= 11 is 0. The number of hydrogen-bond acceptors (Lipinski definition) is 7. The molecule has 0 saturated heterocycles. The van der Waals surface area contributed by atoms with Crippen LogP contribution in [0.4, 0.5) is 4.79 Å². The van der Waals surface area contributed by atoms with E-state index in [0.717, 1.165) is 23.3 Å². The molecule has 0 radical (unpaired) electrons. The zero-order valence-electron chi connectivity index (χ0n) is 23.9. The molecule has 10 heteroatoms. The maximum absolute atomic E-state index is 12.7. The van der Waals surface area contributed by atoms with Crippen LogP contribution < -0.4 is 4.74 Å². The van der Waals surface area contributed by atoms with Crippen LogP contribution in [0.5, 0.6) is 11.5 Å². The first-order valence-corrected chi connectivity index (χ1v) is 15.9. The van der Waals surface area contributed by atoms with Crippen LogP contribution in [-0.4, -0.2) is 76.9 Å². The lowest BCUT2D eigenvalue weighted by molar-refractivity contribution is 0.0223. The van der Waals surface area contributed by atoms with Crippen molar-refractivity contribution in [1.29, 1.82) is 0 Å². The smallest absolute Gasteiger partial charge is 0.410 e. The standard InChI is InChI=1S/C29H39N3O6S/c1-29(2,3)38-28(34)31-13-11-20-8-9-22(16-21(20)17-31)37-24-10-12-30-26-25(24)23(27(33)35-4)18-32(26)19-36-14-15-39(5,6)7/h8-10,12,16,18H,11,13-15,17,19H2,1-7H3. The van der Waals surface area contributed by atoms with E-state index in [-0.39, 0.29) is 12.8 Å². The van der Waals surface area contributed by atoms with Crippen LogP contribution in [0.1, 0.15) is 42.3 Å². The predicted octanol–water partition coefficient (Wildman–Crippen LogP) is 5.58. The number of aromatic nitrogens is 2. The molecular weight excluding hydrogens is 518 g/mol. The van der Waals surface area contributed by atoms with Crippen molar-refractivity contribution in [1.82, 2.24) is 14.5 Å². The molecule has 0 saturated carbocycles. The maximum Gasteiger partial charge on any atom is 0.410 e. The summed E-state index contributed by atoms with van der Waals surface area (Å²) in [6.07, 6.45) is 10.5. The number of methoxy groups -OCH3 is 1. The van der Waals surface area contributed by atoms with Gasteiger partial charge in [-0.25, -0.2) is 24.6 Å². The lowest BCUT2D eigenvalue weighted by atomic mass is 10.00. The van der Waals surface area contributed by atoms with E-state index in [1.807, 2.05) is 39.0 Å². The number of benzene rings is 1. The zero-order valence-corrected chi connectivity index (χ0v) is 24.7. The minimum Gasteiger partial charge on any atom is -0.465 e. The van der Waals surface area contributed by atoms with E-state index in [1.165, 1.54) is 7.11 Å². The van der Waals surface area contributed by atoms with E-state index in [4.69, 9.17) is 18.9 Å². The molecule has 0 unspecified atom stereocenters. The second-order valence-corrected chi connectivity index (χ2v) is 16.1. The Morgan fingerprint density at radius 3 is 2.56 bits per heavy atom. The van der Waals surface area contributed by atoms with Gasteiger partial charge in [0.15, 0.2) is 0 Å². The van der Waals surface area contributed by atoms with Crippen molar-refractivity contribution in [2.24, 2.45) is 0 Å². The molecular formula is C29H39N3O6S. The van der Waals surface area contributed by atoms with Crippen LogP contribution in [0.25, 0.3) is 11.0 Å². The van der Waals surface area contributed by atoms with Crippen molar-refractivity contribution < 1.29 is 28.5 Å². The quantitative estimate of drug-likeness (QED) is 0.264. The molecule has 0 fully saturated rings. The van der Waals surface area contributed by atoms with Crippen molar-refractivity contribution in [2.75, 3.05) is 44.8 Å². The van der Waals surface area contributed by atoms with Crippen LogP contribution in [0, 0.1) is 0 Å². The number of hydrogen-bond donors (Lipinski definition) is 0. The van der Waals surface area contributed by atoms with Gasteiger partial charge in [-0.05, 0) is 75.3 Å². The Balaban J connectivity index is 1.59. The Labute approximate surface area is 231 Å². The average Bonchev–Trinajstić information content (AvgIpc) is 3.24. The van der Waals surface area contributed by atoms with Crippen LogP contribution in [-0.2, 0) is 33.9 Å². The molecule has 1 aliphatic rings. The van der Waals surface area contributed by atoms with Gasteiger partial charge in [-0.15, -0.1) is 0 Å². The lowest BCUT2D eigenvalue weighted by Gasteiger charge is -2.31. The molecule has 0 atom stereocenters. The summed E-state index contributed by atoms with van der Waals surface area (Å²) in [4.78, 5) is 31.5. The summed E-state index contributed by atoms with van der Waals surface area (Å²) < 4.78 is 24.7. The Bertz CT molecular complexity index is 1360. The Hall–Kier alpha value is -3.24. The van der Waals surface area contributed by atoms with Gasteiger partial charge in [-0.2, -0.15) is 0 Å². The molecule has 2 aromatic heterocycles. The summed E-state index contributed by atoms with van der Waals surface area (Å²) in [6, 6.07) is 7.59. The number of esters is 1. The van der Waals surface area contributed by atoms with Gasteiger partial charge in [0.05, 0.1) is 24.7 Å². The normalized spacial score (nSPS) is 14.2. The minimum atomic E-state index is -0.670. The predicted molar refractivity (Wildman–Crippen MR) is 154 cm³/mol. The topological polar surface area (TPSA) is 92.1 Å². The van der Waals surface area contributed by atoms with Gasteiger partial charge in [-0.3, -0.25) is 0 Å². The minimum absolute atomic E-state index is 0.263. The molecule has 0 spiro atoms. The third kappa shape index (κ3) is 7.24. The largest absolute Gasteiger partial charge is 0.465 e.